The van der Waals surface area contributed by atoms with Crippen LogP contribution in [0.4, 0.5) is 0 Å². The number of imidazole rings is 1. The van der Waals surface area contributed by atoms with Gasteiger partial charge in [0, 0.05) is 36.6 Å². The molecule has 0 radical (unpaired) electrons. The van der Waals surface area contributed by atoms with Crippen LogP contribution in [-0.2, 0) is 7.05 Å². The summed E-state index contributed by atoms with van der Waals surface area (Å²) in [5.74, 6) is 1.07. The normalized spacial score (nSPS) is 16.8. The van der Waals surface area contributed by atoms with Crippen LogP contribution in [-0.4, -0.2) is 14.5 Å². The van der Waals surface area contributed by atoms with Crippen molar-refractivity contribution in [2.75, 3.05) is 0 Å². The molecule has 1 atom stereocenters. The first-order chi connectivity index (χ1) is 11.2. The maximum atomic E-state index is 9.54. The molecule has 3 aromatic rings. The smallest absolute Gasteiger partial charge is 0.205 e. The van der Waals surface area contributed by atoms with E-state index in [-0.39, 0.29) is 11.8 Å². The summed E-state index contributed by atoms with van der Waals surface area (Å²) in [7, 11) is 1.89. The lowest BCUT2D eigenvalue weighted by Gasteiger charge is -2.26. The molecule has 2 aromatic heterocycles. The fourth-order valence-electron chi connectivity index (χ4n) is 2.97. The number of nitrogens with zero attached hydrogens (tertiary/aromatic N) is 4. The predicted octanol–water partition coefficient (Wildman–Crippen LogP) is 2.19. The quantitative estimate of drug-likeness (QED) is 0.744. The number of aromatic nitrogens is 3. The highest BCUT2D eigenvalue weighted by Gasteiger charge is 2.34. The van der Waals surface area contributed by atoms with E-state index in [9.17, 15) is 5.26 Å². The van der Waals surface area contributed by atoms with Crippen LogP contribution in [0, 0.1) is 11.3 Å². The number of nitrogens with two attached hydrogens (primary N) is 1. The molecule has 1 aromatic carbocycles. The van der Waals surface area contributed by atoms with Crippen LogP contribution in [0.1, 0.15) is 17.3 Å². The Morgan fingerprint density at radius 1 is 1.26 bits per heavy atom. The number of hydrogen-bond donors (Lipinski definition) is 1. The van der Waals surface area contributed by atoms with E-state index in [0.717, 1.165) is 22.3 Å². The van der Waals surface area contributed by atoms with Crippen molar-refractivity contribution in [1.29, 1.82) is 5.26 Å². The fraction of sp³-hybridized carbons (Fsp3) is 0.118. The van der Waals surface area contributed by atoms with Crippen LogP contribution in [0.2, 0.25) is 0 Å². The third-order valence-corrected chi connectivity index (χ3v) is 4.07. The summed E-state index contributed by atoms with van der Waals surface area (Å²) >= 11 is 0. The van der Waals surface area contributed by atoms with Crippen molar-refractivity contribution in [3.8, 4) is 11.8 Å². The van der Waals surface area contributed by atoms with Crippen molar-refractivity contribution in [3.63, 3.8) is 0 Å². The molecule has 0 spiro atoms. The Bertz CT molecular complexity index is 996. The van der Waals surface area contributed by atoms with Gasteiger partial charge in [0.05, 0.1) is 5.92 Å². The van der Waals surface area contributed by atoms with Crippen molar-refractivity contribution >= 4 is 10.9 Å². The summed E-state index contributed by atoms with van der Waals surface area (Å²) in [6.45, 7) is 0. The zero-order valence-electron chi connectivity index (χ0n) is 12.4. The van der Waals surface area contributed by atoms with Gasteiger partial charge in [-0.2, -0.15) is 5.26 Å². The van der Waals surface area contributed by atoms with Gasteiger partial charge >= 0.3 is 0 Å². The topological polar surface area (TPSA) is 89.8 Å². The van der Waals surface area contributed by atoms with Crippen molar-refractivity contribution < 1.29 is 4.74 Å². The molecule has 4 rings (SSSR count). The average molecular weight is 303 g/mol. The van der Waals surface area contributed by atoms with Gasteiger partial charge in [-0.3, -0.25) is 4.98 Å². The van der Waals surface area contributed by atoms with Crippen LogP contribution >= 0.6 is 0 Å². The van der Waals surface area contributed by atoms with Gasteiger partial charge in [-0.15, -0.1) is 0 Å². The number of nitriles is 1. The van der Waals surface area contributed by atoms with E-state index in [1.807, 2.05) is 42.1 Å². The zero-order valence-corrected chi connectivity index (χ0v) is 12.4. The number of pyridine rings is 1. The maximum absolute atomic E-state index is 9.54. The first kappa shape index (κ1) is 13.3. The number of fused-ring (bicyclic) bond motifs is 3. The number of hydrogen-bond acceptors (Lipinski definition) is 5. The predicted molar refractivity (Wildman–Crippen MR) is 84.2 cm³/mol. The molecule has 2 N–H and O–H groups in total. The fourth-order valence-corrected chi connectivity index (χ4v) is 2.97. The number of benzene rings is 1. The van der Waals surface area contributed by atoms with Crippen LogP contribution in [0.5, 0.6) is 5.75 Å². The van der Waals surface area contributed by atoms with Gasteiger partial charge in [0.1, 0.15) is 23.0 Å². The van der Waals surface area contributed by atoms with Gasteiger partial charge in [0.15, 0.2) is 5.75 Å². The van der Waals surface area contributed by atoms with E-state index >= 15 is 0 Å². The van der Waals surface area contributed by atoms with Crippen molar-refractivity contribution in [2.45, 2.75) is 5.92 Å². The molecule has 6 nitrogen and oxygen atoms in total. The van der Waals surface area contributed by atoms with E-state index in [1.165, 1.54) is 0 Å². The number of rotatable bonds is 1. The van der Waals surface area contributed by atoms with Gasteiger partial charge in [0.25, 0.3) is 0 Å². The SMILES string of the molecule is Cn1ccnc1C1C(C#N)=C(N)Oc2c1ccc1cccnc21. The molecule has 6 heteroatoms. The minimum atomic E-state index is -0.366. The lowest BCUT2D eigenvalue weighted by molar-refractivity contribution is 0.395. The Hall–Kier alpha value is -3.33. The maximum Gasteiger partial charge on any atom is 0.205 e. The number of aryl methyl sites for hydroxylation is 1. The molecule has 1 unspecified atom stereocenters. The second-order valence-corrected chi connectivity index (χ2v) is 5.38. The number of allylic oxidation sites excluding steroid dienone is 1. The summed E-state index contributed by atoms with van der Waals surface area (Å²) in [5.41, 5.74) is 7.94. The zero-order chi connectivity index (χ0) is 16.0. The molecular weight excluding hydrogens is 290 g/mol. The molecule has 3 heterocycles. The molecule has 112 valence electrons. The van der Waals surface area contributed by atoms with Crippen LogP contribution in [0.15, 0.2) is 54.3 Å². The van der Waals surface area contributed by atoms with Crippen molar-refractivity contribution in [1.82, 2.24) is 14.5 Å². The van der Waals surface area contributed by atoms with Crippen LogP contribution in [0.3, 0.4) is 0 Å². The van der Waals surface area contributed by atoms with E-state index in [2.05, 4.69) is 16.0 Å². The van der Waals surface area contributed by atoms with E-state index in [4.69, 9.17) is 10.5 Å². The third-order valence-electron chi connectivity index (χ3n) is 4.07. The van der Waals surface area contributed by atoms with Gasteiger partial charge in [0.2, 0.25) is 5.88 Å². The molecule has 0 saturated carbocycles. The highest BCUT2D eigenvalue weighted by atomic mass is 16.5. The third kappa shape index (κ3) is 1.87. The molecule has 0 saturated heterocycles. The molecule has 0 aliphatic carbocycles. The van der Waals surface area contributed by atoms with Gasteiger partial charge in [-0.05, 0) is 6.07 Å². The first-order valence-corrected chi connectivity index (χ1v) is 7.13. The second kappa shape index (κ2) is 4.85. The van der Waals surface area contributed by atoms with Gasteiger partial charge < -0.3 is 15.0 Å². The Kier molecular flexibility index (Phi) is 2.81. The van der Waals surface area contributed by atoms with Crippen molar-refractivity contribution in [3.05, 3.63) is 65.7 Å². The highest BCUT2D eigenvalue weighted by Crippen LogP contribution is 2.43. The highest BCUT2D eigenvalue weighted by molar-refractivity contribution is 5.87. The standard InChI is InChI=1S/C17H13N5O/c1-22-8-7-21-17(22)13-11-5-4-10-3-2-6-20-14(10)15(11)23-16(19)12(13)9-18/h2-8,13H,19H2,1H3. The molecule has 0 amide bonds. The Labute approximate surface area is 132 Å². The Morgan fingerprint density at radius 2 is 2.13 bits per heavy atom. The largest absolute Gasteiger partial charge is 0.438 e. The molecule has 0 fully saturated rings. The monoisotopic (exact) mass is 303 g/mol. The summed E-state index contributed by atoms with van der Waals surface area (Å²) < 4.78 is 7.63. The first-order valence-electron chi connectivity index (χ1n) is 7.13. The molecule has 23 heavy (non-hydrogen) atoms. The Balaban J connectivity index is 2.05. The molecule has 1 aliphatic rings. The lowest BCUT2D eigenvalue weighted by atomic mass is 9.87. The van der Waals surface area contributed by atoms with Crippen LogP contribution in [0.25, 0.3) is 10.9 Å². The van der Waals surface area contributed by atoms with Crippen LogP contribution < -0.4 is 10.5 Å². The van der Waals surface area contributed by atoms with Gasteiger partial charge in [-0.25, -0.2) is 4.98 Å². The molecule has 0 bridgehead atoms. The number of ether oxygens (including phenoxy) is 1. The van der Waals surface area contributed by atoms with E-state index in [0.29, 0.717) is 11.3 Å². The van der Waals surface area contributed by atoms with Crippen molar-refractivity contribution in [2.24, 2.45) is 12.8 Å². The summed E-state index contributed by atoms with van der Waals surface area (Å²) in [6, 6.07) is 9.91. The Morgan fingerprint density at radius 3 is 2.87 bits per heavy atom. The summed E-state index contributed by atoms with van der Waals surface area (Å²) in [5, 5.41) is 10.5. The van der Waals surface area contributed by atoms with E-state index in [1.54, 1.807) is 12.4 Å². The molecule has 1 aliphatic heterocycles. The summed E-state index contributed by atoms with van der Waals surface area (Å²) in [6.07, 6.45) is 5.26. The van der Waals surface area contributed by atoms with Gasteiger partial charge in [-0.1, -0.05) is 18.2 Å². The summed E-state index contributed by atoms with van der Waals surface area (Å²) in [4.78, 5) is 8.80. The minimum absolute atomic E-state index is 0.103. The van der Waals surface area contributed by atoms with E-state index < -0.39 is 0 Å². The average Bonchev–Trinajstić information content (AvgIpc) is 2.99. The molecular formula is C17H13N5O. The minimum Gasteiger partial charge on any atom is -0.438 e. The second-order valence-electron chi connectivity index (χ2n) is 5.38. The lowest BCUT2D eigenvalue weighted by Crippen LogP contribution is -2.23.